The van der Waals surface area contributed by atoms with Crippen LogP contribution in [0, 0.1) is 0 Å². The maximum atomic E-state index is 12.3. The quantitative estimate of drug-likeness (QED) is 0.793. The van der Waals surface area contributed by atoms with Crippen LogP contribution in [0.1, 0.15) is 10.4 Å². The summed E-state index contributed by atoms with van der Waals surface area (Å²) in [6, 6.07) is 1.68. The lowest BCUT2D eigenvalue weighted by molar-refractivity contribution is 0.0645. The number of pyridine rings is 1. The van der Waals surface area contributed by atoms with Crippen molar-refractivity contribution in [1.29, 1.82) is 0 Å². The summed E-state index contributed by atoms with van der Waals surface area (Å²) in [6.07, 6.45) is 3.11. The van der Waals surface area contributed by atoms with Gasteiger partial charge in [0.25, 0.3) is 5.91 Å². The minimum absolute atomic E-state index is 0.000826. The zero-order valence-electron chi connectivity index (χ0n) is 9.98. The molecule has 2 heterocycles. The predicted octanol–water partition coefficient (Wildman–Crippen LogP) is 1.89. The highest BCUT2D eigenvalue weighted by Gasteiger charge is 2.22. The first-order valence-electron chi connectivity index (χ1n) is 5.89. The lowest BCUT2D eigenvalue weighted by atomic mass is 10.2. The Hall–Kier alpha value is -0.650. The van der Waals surface area contributed by atoms with E-state index in [9.17, 15) is 4.79 Å². The molecular weight excluding hydrogens is 318 g/mol. The van der Waals surface area contributed by atoms with Gasteiger partial charge in [0.1, 0.15) is 0 Å². The number of halogens is 2. The van der Waals surface area contributed by atoms with E-state index in [1.54, 1.807) is 12.3 Å². The molecule has 1 amide bonds. The van der Waals surface area contributed by atoms with E-state index >= 15 is 0 Å². The number of carbonyl (C=O) groups is 1. The topological polar surface area (TPSA) is 36.4 Å². The Morgan fingerprint density at radius 2 is 2.11 bits per heavy atom. The molecule has 1 aromatic heterocycles. The molecule has 0 N–H and O–H groups in total. The highest BCUT2D eigenvalue weighted by atomic mass is 79.9. The van der Waals surface area contributed by atoms with Crippen LogP contribution < -0.4 is 0 Å². The zero-order chi connectivity index (χ0) is 13.0. The standard InChI is InChI=1S/C12H15BrClN3O/c13-2-4-16-5-7-17(8-6-16)12(18)10-1-3-15-9-11(10)14/h1,3,9H,2,4-8H2. The number of amides is 1. The molecule has 6 heteroatoms. The van der Waals surface area contributed by atoms with Gasteiger partial charge in [0.2, 0.25) is 0 Å². The van der Waals surface area contributed by atoms with Crippen LogP contribution in [-0.2, 0) is 0 Å². The van der Waals surface area contributed by atoms with E-state index in [1.807, 2.05) is 4.90 Å². The second kappa shape index (κ2) is 6.50. The van der Waals surface area contributed by atoms with Gasteiger partial charge in [0, 0.05) is 50.4 Å². The van der Waals surface area contributed by atoms with Crippen molar-refractivity contribution in [3.63, 3.8) is 0 Å². The minimum Gasteiger partial charge on any atom is -0.336 e. The Labute approximate surface area is 120 Å². The number of alkyl halides is 1. The van der Waals surface area contributed by atoms with Crippen LogP contribution in [0.25, 0.3) is 0 Å². The van der Waals surface area contributed by atoms with Crippen molar-refractivity contribution in [3.05, 3.63) is 29.0 Å². The molecule has 0 radical (unpaired) electrons. The Bertz CT molecular complexity index is 422. The molecule has 1 aromatic rings. The van der Waals surface area contributed by atoms with Crippen molar-refractivity contribution in [1.82, 2.24) is 14.8 Å². The monoisotopic (exact) mass is 331 g/mol. The molecule has 0 saturated carbocycles. The summed E-state index contributed by atoms with van der Waals surface area (Å²) in [5.74, 6) is 0.000826. The summed E-state index contributed by atoms with van der Waals surface area (Å²) in [7, 11) is 0. The van der Waals surface area contributed by atoms with Gasteiger partial charge in [-0.2, -0.15) is 0 Å². The van der Waals surface area contributed by atoms with Crippen LogP contribution in [0.2, 0.25) is 5.02 Å². The van der Waals surface area contributed by atoms with E-state index in [2.05, 4.69) is 25.8 Å². The Kier molecular flexibility index (Phi) is 4.97. The van der Waals surface area contributed by atoms with Gasteiger partial charge in [-0.1, -0.05) is 27.5 Å². The Morgan fingerprint density at radius 1 is 1.39 bits per heavy atom. The number of rotatable bonds is 3. The number of hydrogen-bond donors (Lipinski definition) is 0. The van der Waals surface area contributed by atoms with Gasteiger partial charge in [0.15, 0.2) is 0 Å². The van der Waals surface area contributed by atoms with Crippen molar-refractivity contribution < 1.29 is 4.79 Å². The van der Waals surface area contributed by atoms with Crippen LogP contribution in [0.15, 0.2) is 18.5 Å². The second-order valence-electron chi connectivity index (χ2n) is 4.18. The number of aromatic nitrogens is 1. The summed E-state index contributed by atoms with van der Waals surface area (Å²) in [5, 5.41) is 1.39. The fourth-order valence-corrected chi connectivity index (χ4v) is 2.71. The smallest absolute Gasteiger partial charge is 0.255 e. The third-order valence-corrected chi connectivity index (χ3v) is 3.72. The molecule has 0 atom stereocenters. The van der Waals surface area contributed by atoms with Crippen LogP contribution in [0.4, 0.5) is 0 Å². The van der Waals surface area contributed by atoms with Gasteiger partial charge in [-0.25, -0.2) is 0 Å². The second-order valence-corrected chi connectivity index (χ2v) is 5.38. The lowest BCUT2D eigenvalue weighted by Crippen LogP contribution is -2.49. The van der Waals surface area contributed by atoms with Crippen LogP contribution >= 0.6 is 27.5 Å². The zero-order valence-corrected chi connectivity index (χ0v) is 12.3. The summed E-state index contributed by atoms with van der Waals surface area (Å²) < 4.78 is 0. The normalized spacial score (nSPS) is 16.9. The summed E-state index contributed by atoms with van der Waals surface area (Å²) in [6.45, 7) is 4.37. The Morgan fingerprint density at radius 3 is 2.72 bits per heavy atom. The van der Waals surface area contributed by atoms with Gasteiger partial charge in [0.05, 0.1) is 10.6 Å². The first-order chi connectivity index (χ1) is 8.72. The number of nitrogens with zero attached hydrogens (tertiary/aromatic N) is 3. The molecule has 1 aliphatic heterocycles. The molecule has 2 rings (SSSR count). The highest BCUT2D eigenvalue weighted by molar-refractivity contribution is 9.09. The molecule has 98 valence electrons. The summed E-state index contributed by atoms with van der Waals surface area (Å²) in [4.78, 5) is 20.4. The minimum atomic E-state index is 0.000826. The molecule has 0 aliphatic carbocycles. The first-order valence-corrected chi connectivity index (χ1v) is 7.39. The number of carbonyl (C=O) groups excluding carboxylic acids is 1. The van der Waals surface area contributed by atoms with Crippen LogP contribution in [-0.4, -0.2) is 58.7 Å². The molecule has 18 heavy (non-hydrogen) atoms. The van der Waals surface area contributed by atoms with E-state index in [1.165, 1.54) is 6.20 Å². The highest BCUT2D eigenvalue weighted by Crippen LogP contribution is 2.16. The van der Waals surface area contributed by atoms with Gasteiger partial charge < -0.3 is 4.90 Å². The third kappa shape index (κ3) is 3.22. The molecule has 0 bridgehead atoms. The van der Waals surface area contributed by atoms with Crippen molar-refractivity contribution >= 4 is 33.4 Å². The third-order valence-electron chi connectivity index (χ3n) is 3.06. The van der Waals surface area contributed by atoms with E-state index < -0.39 is 0 Å². The van der Waals surface area contributed by atoms with Crippen LogP contribution in [0.5, 0.6) is 0 Å². The average molecular weight is 333 g/mol. The van der Waals surface area contributed by atoms with Gasteiger partial charge in [-0.15, -0.1) is 0 Å². The number of hydrogen-bond acceptors (Lipinski definition) is 3. The fourth-order valence-electron chi connectivity index (χ4n) is 2.01. The molecule has 4 nitrogen and oxygen atoms in total. The van der Waals surface area contributed by atoms with E-state index in [-0.39, 0.29) is 5.91 Å². The molecule has 0 aromatic carbocycles. The largest absolute Gasteiger partial charge is 0.336 e. The fraction of sp³-hybridized carbons (Fsp3) is 0.500. The van der Waals surface area contributed by atoms with Crippen molar-refractivity contribution in [2.75, 3.05) is 38.1 Å². The van der Waals surface area contributed by atoms with Crippen molar-refractivity contribution in [2.24, 2.45) is 0 Å². The molecular formula is C12H15BrClN3O. The number of piperazine rings is 1. The predicted molar refractivity (Wildman–Crippen MR) is 75.4 cm³/mol. The van der Waals surface area contributed by atoms with Crippen molar-refractivity contribution in [2.45, 2.75) is 0 Å². The maximum absolute atomic E-state index is 12.3. The molecule has 1 aliphatic rings. The van der Waals surface area contributed by atoms with E-state index in [0.717, 1.165) is 38.1 Å². The maximum Gasteiger partial charge on any atom is 0.255 e. The van der Waals surface area contributed by atoms with Crippen LogP contribution in [0.3, 0.4) is 0 Å². The SMILES string of the molecule is O=C(c1ccncc1Cl)N1CCN(CCBr)CC1. The molecule has 0 spiro atoms. The van der Waals surface area contributed by atoms with E-state index in [4.69, 9.17) is 11.6 Å². The molecule has 1 fully saturated rings. The first kappa shape index (κ1) is 13.8. The lowest BCUT2D eigenvalue weighted by Gasteiger charge is -2.34. The van der Waals surface area contributed by atoms with E-state index in [0.29, 0.717) is 10.6 Å². The summed E-state index contributed by atoms with van der Waals surface area (Å²) in [5.41, 5.74) is 0.542. The van der Waals surface area contributed by atoms with Gasteiger partial charge in [-0.05, 0) is 6.07 Å². The van der Waals surface area contributed by atoms with Gasteiger partial charge >= 0.3 is 0 Å². The Balaban J connectivity index is 1.98. The summed E-state index contributed by atoms with van der Waals surface area (Å²) >= 11 is 9.42. The van der Waals surface area contributed by atoms with Crippen molar-refractivity contribution in [3.8, 4) is 0 Å². The average Bonchev–Trinajstić information content (AvgIpc) is 2.40. The molecule has 1 saturated heterocycles. The van der Waals surface area contributed by atoms with Gasteiger partial charge in [-0.3, -0.25) is 14.7 Å². The molecule has 0 unspecified atom stereocenters.